The summed E-state index contributed by atoms with van der Waals surface area (Å²) in [6.07, 6.45) is 2.71. The van der Waals surface area contributed by atoms with E-state index in [2.05, 4.69) is 64.7 Å². The molecule has 7 rings (SSSR count). The number of benzene rings is 1. The molecule has 0 aliphatic carbocycles. The van der Waals surface area contributed by atoms with E-state index in [-0.39, 0.29) is 29.2 Å². The van der Waals surface area contributed by atoms with Crippen LogP contribution in [-0.2, 0) is 14.4 Å². The van der Waals surface area contributed by atoms with Crippen LogP contribution in [0.3, 0.4) is 0 Å². The minimum absolute atomic E-state index is 0.0499. The first-order valence-corrected chi connectivity index (χ1v) is 22.9. The molecule has 5 aliphatic heterocycles. The lowest BCUT2D eigenvalue weighted by Crippen LogP contribution is -2.66. The molecule has 352 valence electrons. The molecule has 5 aliphatic rings. The summed E-state index contributed by atoms with van der Waals surface area (Å²) in [6, 6.07) is 7.53. The number of carbonyl (C=O) groups is 4. The molecule has 0 saturated carbocycles. The lowest BCUT2D eigenvalue weighted by atomic mass is 9.90. The fourth-order valence-corrected chi connectivity index (χ4v) is 8.87. The summed E-state index contributed by atoms with van der Waals surface area (Å²) in [5, 5.41) is 40.6. The number of likely N-dealkylation sites (tertiary alicyclic amines) is 1. The Labute approximate surface area is 375 Å². The van der Waals surface area contributed by atoms with E-state index in [9.17, 15) is 33.2 Å². The van der Waals surface area contributed by atoms with Crippen molar-refractivity contribution in [2.75, 3.05) is 136 Å². The molecule has 1 aromatic carbocycles. The highest BCUT2D eigenvalue weighted by Crippen LogP contribution is 2.31. The van der Waals surface area contributed by atoms with Crippen molar-refractivity contribution in [3.05, 3.63) is 36.0 Å². The van der Waals surface area contributed by atoms with Crippen molar-refractivity contribution in [1.29, 1.82) is 5.26 Å². The lowest BCUT2D eigenvalue weighted by molar-refractivity contribution is -0.133. The Morgan fingerprint density at radius 1 is 0.828 bits per heavy atom. The van der Waals surface area contributed by atoms with Crippen molar-refractivity contribution in [1.82, 2.24) is 62.2 Å². The van der Waals surface area contributed by atoms with Crippen molar-refractivity contribution in [3.63, 3.8) is 0 Å². The number of nitriles is 1. The third-order valence-corrected chi connectivity index (χ3v) is 12.5. The van der Waals surface area contributed by atoms with E-state index in [4.69, 9.17) is 0 Å². The zero-order chi connectivity index (χ0) is 45.4. The Kier molecular flexibility index (Phi) is 18.0. The average Bonchev–Trinajstić information content (AvgIpc) is 3.61. The van der Waals surface area contributed by atoms with Crippen molar-refractivity contribution >= 4 is 40.2 Å². The number of hydrogen-bond donors (Lipinski definition) is 9. The number of pyridine rings is 1. The van der Waals surface area contributed by atoms with Gasteiger partial charge in [0.1, 0.15) is 6.04 Å². The number of piperazine rings is 1. The van der Waals surface area contributed by atoms with Crippen molar-refractivity contribution < 1.29 is 28.0 Å². The van der Waals surface area contributed by atoms with Gasteiger partial charge in [-0.05, 0) is 43.7 Å². The molecule has 64 heavy (non-hydrogen) atoms. The number of fused-ring (bicyclic) bond motifs is 16. The van der Waals surface area contributed by atoms with Crippen LogP contribution < -0.4 is 47.9 Å². The van der Waals surface area contributed by atoms with Gasteiger partial charge in [-0.25, -0.2) is 8.78 Å². The van der Waals surface area contributed by atoms with E-state index in [1.54, 1.807) is 12.1 Å². The maximum Gasteiger partial charge on any atom is 0.268 e. The van der Waals surface area contributed by atoms with Crippen LogP contribution in [0.1, 0.15) is 49.4 Å². The van der Waals surface area contributed by atoms with Crippen LogP contribution in [0.4, 0.5) is 14.5 Å². The number of aromatic nitrogens is 1. The second kappa shape index (κ2) is 23.5. The number of nitrogens with zero attached hydrogens (tertiary/aromatic N) is 5. The minimum atomic E-state index is -3.14. The van der Waals surface area contributed by atoms with Gasteiger partial charge >= 0.3 is 0 Å². The maximum absolute atomic E-state index is 13.8. The number of hydrogen-bond acceptors (Lipinski definition) is 14. The van der Waals surface area contributed by atoms with Crippen LogP contribution in [0.15, 0.2) is 30.5 Å². The molecular formula is C44H68F2N14O4. The van der Waals surface area contributed by atoms with E-state index in [1.807, 2.05) is 17.0 Å². The molecule has 0 spiro atoms. The zero-order valence-corrected chi connectivity index (χ0v) is 37.3. The number of amides is 4. The first kappa shape index (κ1) is 48.8. The van der Waals surface area contributed by atoms with Gasteiger partial charge in [-0.2, -0.15) is 5.26 Å². The van der Waals surface area contributed by atoms with Crippen LogP contribution in [0, 0.1) is 16.7 Å². The molecule has 1 atom stereocenters. The number of halogens is 2. The van der Waals surface area contributed by atoms with E-state index in [0.717, 1.165) is 95.5 Å². The largest absolute Gasteiger partial charge is 0.385 e. The summed E-state index contributed by atoms with van der Waals surface area (Å²) in [4.78, 5) is 61.8. The number of anilines is 1. The molecule has 4 amide bonds. The number of nitrogens with one attached hydrogen (secondary N) is 9. The maximum atomic E-state index is 13.8. The quantitative estimate of drug-likeness (QED) is 0.113. The van der Waals surface area contributed by atoms with Gasteiger partial charge < -0.3 is 57.7 Å². The van der Waals surface area contributed by atoms with Crippen LogP contribution in [-0.4, -0.2) is 192 Å². The lowest BCUT2D eigenvalue weighted by Gasteiger charge is -2.37. The third kappa shape index (κ3) is 14.4. The summed E-state index contributed by atoms with van der Waals surface area (Å²) in [6.45, 7) is 14.7. The van der Waals surface area contributed by atoms with Gasteiger partial charge in [-0.1, -0.05) is 6.92 Å². The van der Waals surface area contributed by atoms with Crippen LogP contribution >= 0.6 is 0 Å². The Bertz CT molecular complexity index is 1880. The van der Waals surface area contributed by atoms with Gasteiger partial charge in [0.05, 0.1) is 35.8 Å². The van der Waals surface area contributed by atoms with Crippen LogP contribution in [0.2, 0.25) is 0 Å². The van der Waals surface area contributed by atoms with Gasteiger partial charge in [0, 0.05) is 153 Å². The summed E-state index contributed by atoms with van der Waals surface area (Å²) < 4.78 is 27.7. The van der Waals surface area contributed by atoms with Gasteiger partial charge in [0.25, 0.3) is 11.8 Å². The fourth-order valence-electron chi connectivity index (χ4n) is 8.87. The highest BCUT2D eigenvalue weighted by atomic mass is 19.3. The van der Waals surface area contributed by atoms with Crippen LogP contribution in [0.5, 0.6) is 0 Å². The van der Waals surface area contributed by atoms with E-state index >= 15 is 0 Å². The Morgan fingerprint density at radius 3 is 2.08 bits per heavy atom. The van der Waals surface area contributed by atoms with E-state index in [1.165, 1.54) is 12.3 Å². The van der Waals surface area contributed by atoms with Crippen molar-refractivity contribution in [2.45, 2.75) is 56.5 Å². The Balaban J connectivity index is 0.893. The van der Waals surface area contributed by atoms with Crippen LogP contribution in [0.25, 0.3) is 10.9 Å². The van der Waals surface area contributed by atoms with Gasteiger partial charge in [-0.15, -0.1) is 0 Å². The van der Waals surface area contributed by atoms with E-state index < -0.39 is 48.8 Å². The smallest absolute Gasteiger partial charge is 0.268 e. The SMILES string of the molecule is CC12CNCCNCC(NC(=O)CCCC(=O)N3CCN(CCCNc4ccc5nccc(C(=O)NCC(=O)N6CC(F)(F)CC6C#N)c5c4)CC3)(CNCCNC1)CNCCNC2. The molecule has 0 radical (unpaired) electrons. The Hall–Kier alpha value is -4.62. The number of alkyl halides is 2. The molecule has 20 heteroatoms. The van der Waals surface area contributed by atoms with Crippen molar-refractivity contribution in [2.24, 2.45) is 5.41 Å². The molecule has 5 fully saturated rings. The van der Waals surface area contributed by atoms with E-state index in [0.29, 0.717) is 63.0 Å². The topological polar surface area (TPSA) is 223 Å². The second-order valence-corrected chi connectivity index (χ2v) is 18.1. The normalized spacial score (nSPS) is 25.2. The second-order valence-electron chi connectivity index (χ2n) is 18.1. The first-order valence-electron chi connectivity index (χ1n) is 22.9. The highest BCUT2D eigenvalue weighted by Gasteiger charge is 2.47. The fraction of sp³-hybridized carbons (Fsp3) is 0.682. The molecule has 2 bridgehead atoms. The predicted molar refractivity (Wildman–Crippen MR) is 241 cm³/mol. The molecule has 18 nitrogen and oxygen atoms in total. The summed E-state index contributed by atoms with van der Waals surface area (Å²) >= 11 is 0. The molecular weight excluding hydrogens is 827 g/mol. The van der Waals surface area contributed by atoms with Gasteiger partial charge in [0.2, 0.25) is 17.7 Å². The van der Waals surface area contributed by atoms with Crippen molar-refractivity contribution in [3.8, 4) is 6.07 Å². The first-order chi connectivity index (χ1) is 30.9. The predicted octanol–water partition coefficient (Wildman–Crippen LogP) is -0.733. The third-order valence-electron chi connectivity index (χ3n) is 12.5. The summed E-state index contributed by atoms with van der Waals surface area (Å²) in [5.74, 6) is -4.41. The summed E-state index contributed by atoms with van der Waals surface area (Å²) in [5.41, 5.74) is 1.23. The molecule has 5 saturated heterocycles. The minimum Gasteiger partial charge on any atom is -0.385 e. The molecule has 1 unspecified atom stereocenters. The summed E-state index contributed by atoms with van der Waals surface area (Å²) in [7, 11) is 0. The number of carbonyl (C=O) groups excluding carboxylic acids is 4. The van der Waals surface area contributed by atoms with Gasteiger partial charge in [-0.3, -0.25) is 29.1 Å². The standard InChI is InChI=1S/C44H68F2N14O4/c1-42-26-48-11-14-51-29-43(30-52-15-12-49-27-42,31-53-16-13-50-28-42)57-38(61)4-2-5-39(62)59-20-18-58(19-21-59)17-3-9-54-33-6-7-37-36(22-33)35(8-10-55-37)41(64)56-25-40(63)60-32-44(45,46)23-34(60)24-47/h6-8,10,22,34,48-54H,2-5,9,11-21,23,25-32H2,1H3,(H,56,64)(H,57,61). The Morgan fingerprint density at radius 2 is 1.45 bits per heavy atom. The zero-order valence-electron chi connectivity index (χ0n) is 37.3. The monoisotopic (exact) mass is 895 g/mol. The molecule has 2 aromatic rings. The molecule has 1 aromatic heterocycles. The number of rotatable bonds is 13. The molecule has 6 heterocycles. The highest BCUT2D eigenvalue weighted by molar-refractivity contribution is 6.07. The van der Waals surface area contributed by atoms with Gasteiger partial charge in [0.15, 0.2) is 0 Å². The molecule has 9 N–H and O–H groups in total. The average molecular weight is 895 g/mol.